The summed E-state index contributed by atoms with van der Waals surface area (Å²) in [6.07, 6.45) is 0.0960. The predicted octanol–water partition coefficient (Wildman–Crippen LogP) is 1.36. The molecule has 1 heterocycles. The lowest BCUT2D eigenvalue weighted by molar-refractivity contribution is -0.135. The number of benzene rings is 1. The zero-order valence-corrected chi connectivity index (χ0v) is 12.7. The lowest BCUT2D eigenvalue weighted by Crippen LogP contribution is -2.50. The van der Waals surface area contributed by atoms with Crippen molar-refractivity contribution in [1.29, 1.82) is 0 Å². The van der Waals surface area contributed by atoms with E-state index < -0.39 is 0 Å². The van der Waals surface area contributed by atoms with Gasteiger partial charge in [0.2, 0.25) is 5.91 Å². The van der Waals surface area contributed by atoms with Crippen LogP contribution in [-0.2, 0) is 16.0 Å². The second-order valence-electron chi connectivity index (χ2n) is 5.21. The molecule has 0 aliphatic carbocycles. The van der Waals surface area contributed by atoms with E-state index in [1.165, 1.54) is 5.56 Å². The van der Waals surface area contributed by atoms with Gasteiger partial charge in [0, 0.05) is 6.54 Å². The third-order valence-corrected chi connectivity index (χ3v) is 3.85. The van der Waals surface area contributed by atoms with Crippen LogP contribution < -0.4 is 5.73 Å². The summed E-state index contributed by atoms with van der Waals surface area (Å²) in [6.45, 7) is 5.60. The molecule has 0 spiro atoms. The van der Waals surface area contributed by atoms with Crippen LogP contribution in [0.2, 0.25) is 0 Å². The van der Waals surface area contributed by atoms with Crippen LogP contribution in [0.1, 0.15) is 16.7 Å². The van der Waals surface area contributed by atoms with Gasteiger partial charge < -0.3 is 15.4 Å². The first-order chi connectivity index (χ1) is 9.47. The monoisotopic (exact) mass is 292 g/mol. The van der Waals surface area contributed by atoms with Gasteiger partial charge in [-0.05, 0) is 25.0 Å². The third kappa shape index (κ3) is 3.55. The summed E-state index contributed by atoms with van der Waals surface area (Å²) in [4.78, 5) is 14.5. The van der Waals surface area contributed by atoms with E-state index in [9.17, 15) is 4.79 Å². The van der Waals surface area contributed by atoms with Crippen molar-refractivity contribution >= 4 is 23.1 Å². The first-order valence-electron chi connectivity index (χ1n) is 6.72. The highest BCUT2D eigenvalue weighted by Gasteiger charge is 2.26. The molecule has 1 aromatic rings. The van der Waals surface area contributed by atoms with Gasteiger partial charge >= 0.3 is 0 Å². The van der Waals surface area contributed by atoms with Crippen molar-refractivity contribution in [3.63, 3.8) is 0 Å². The molecular formula is C15H20N2O2S. The molecule has 1 fully saturated rings. The van der Waals surface area contributed by atoms with Crippen LogP contribution in [0.3, 0.4) is 0 Å². The summed E-state index contributed by atoms with van der Waals surface area (Å²) in [5.74, 6) is 0.100. The first-order valence-corrected chi connectivity index (χ1v) is 7.13. The van der Waals surface area contributed by atoms with Crippen LogP contribution in [0, 0.1) is 13.8 Å². The summed E-state index contributed by atoms with van der Waals surface area (Å²) < 4.78 is 5.45. The quantitative estimate of drug-likeness (QED) is 0.855. The number of hydrogen-bond donors (Lipinski definition) is 1. The number of thiocarbonyl (C=S) groups is 1. The van der Waals surface area contributed by atoms with Crippen LogP contribution in [0.5, 0.6) is 0 Å². The van der Waals surface area contributed by atoms with Crippen molar-refractivity contribution in [1.82, 2.24) is 4.90 Å². The van der Waals surface area contributed by atoms with Gasteiger partial charge in [-0.25, -0.2) is 0 Å². The zero-order chi connectivity index (χ0) is 14.7. The Morgan fingerprint density at radius 3 is 2.95 bits per heavy atom. The largest absolute Gasteiger partial charge is 0.391 e. The topological polar surface area (TPSA) is 55.6 Å². The Kier molecular flexibility index (Phi) is 4.73. The molecule has 108 valence electrons. The number of carbonyl (C=O) groups is 1. The van der Waals surface area contributed by atoms with Gasteiger partial charge in [-0.1, -0.05) is 36.0 Å². The van der Waals surface area contributed by atoms with E-state index in [1.54, 1.807) is 4.90 Å². The average Bonchev–Trinajstić information content (AvgIpc) is 2.43. The minimum Gasteiger partial charge on any atom is -0.391 e. The summed E-state index contributed by atoms with van der Waals surface area (Å²) >= 11 is 4.94. The zero-order valence-electron chi connectivity index (χ0n) is 11.9. The second kappa shape index (κ2) is 6.33. The van der Waals surface area contributed by atoms with Crippen molar-refractivity contribution in [2.45, 2.75) is 26.4 Å². The van der Waals surface area contributed by atoms with E-state index in [2.05, 4.69) is 18.2 Å². The van der Waals surface area contributed by atoms with Crippen molar-refractivity contribution < 1.29 is 9.53 Å². The van der Waals surface area contributed by atoms with E-state index in [0.29, 0.717) is 31.1 Å². The van der Waals surface area contributed by atoms with Gasteiger partial charge in [-0.2, -0.15) is 0 Å². The van der Waals surface area contributed by atoms with E-state index in [-0.39, 0.29) is 12.0 Å². The van der Waals surface area contributed by atoms with Crippen molar-refractivity contribution in [3.05, 3.63) is 34.9 Å². The standard InChI is InChI=1S/C15H20N2O2S/c1-10-3-4-11(2)12(7-10)8-14(18)17-5-6-19-13(9-17)15(16)20/h3-4,7,13H,5-6,8-9H2,1-2H3,(H2,16,20). The van der Waals surface area contributed by atoms with E-state index in [1.807, 2.05) is 13.8 Å². The van der Waals surface area contributed by atoms with Crippen LogP contribution in [0.15, 0.2) is 18.2 Å². The molecule has 1 aliphatic heterocycles. The Labute approximate surface area is 124 Å². The van der Waals surface area contributed by atoms with Gasteiger partial charge in [-0.15, -0.1) is 0 Å². The smallest absolute Gasteiger partial charge is 0.227 e. The van der Waals surface area contributed by atoms with Crippen LogP contribution >= 0.6 is 12.2 Å². The molecule has 0 aromatic heterocycles. The Morgan fingerprint density at radius 2 is 2.25 bits per heavy atom. The molecular weight excluding hydrogens is 272 g/mol. The van der Waals surface area contributed by atoms with Crippen LogP contribution in [0.4, 0.5) is 0 Å². The summed E-state index contributed by atoms with van der Waals surface area (Å²) in [7, 11) is 0. The molecule has 4 nitrogen and oxygen atoms in total. The van der Waals surface area contributed by atoms with Crippen LogP contribution in [0.25, 0.3) is 0 Å². The summed E-state index contributed by atoms with van der Waals surface area (Å²) in [5.41, 5.74) is 8.98. The Hall–Kier alpha value is -1.46. The highest BCUT2D eigenvalue weighted by atomic mass is 32.1. The number of nitrogens with zero attached hydrogens (tertiary/aromatic N) is 1. The fraction of sp³-hybridized carbons (Fsp3) is 0.467. The molecule has 0 radical (unpaired) electrons. The van der Waals surface area contributed by atoms with Gasteiger partial charge in [-0.3, -0.25) is 4.79 Å². The summed E-state index contributed by atoms with van der Waals surface area (Å²) in [5, 5.41) is 0. The maximum Gasteiger partial charge on any atom is 0.227 e. The Balaban J connectivity index is 2.04. The number of morpholine rings is 1. The van der Waals surface area contributed by atoms with Crippen molar-refractivity contribution in [3.8, 4) is 0 Å². The number of ether oxygens (including phenoxy) is 1. The highest BCUT2D eigenvalue weighted by molar-refractivity contribution is 7.80. The maximum absolute atomic E-state index is 12.4. The molecule has 1 aromatic carbocycles. The SMILES string of the molecule is Cc1ccc(C)c(CC(=O)N2CCOC(C(N)=S)C2)c1. The van der Waals surface area contributed by atoms with E-state index >= 15 is 0 Å². The molecule has 5 heteroatoms. The first kappa shape index (κ1) is 14.9. The predicted molar refractivity (Wildman–Crippen MR) is 82.7 cm³/mol. The molecule has 20 heavy (non-hydrogen) atoms. The van der Waals surface area contributed by atoms with Gasteiger partial charge in [0.15, 0.2) is 0 Å². The Morgan fingerprint density at radius 1 is 1.50 bits per heavy atom. The lowest BCUT2D eigenvalue weighted by atomic mass is 10.0. The van der Waals surface area contributed by atoms with Gasteiger partial charge in [0.1, 0.15) is 11.1 Å². The van der Waals surface area contributed by atoms with Gasteiger partial charge in [0.25, 0.3) is 0 Å². The minimum atomic E-state index is -0.318. The number of aryl methyl sites for hydroxylation is 2. The molecule has 1 unspecified atom stereocenters. The highest BCUT2D eigenvalue weighted by Crippen LogP contribution is 2.14. The van der Waals surface area contributed by atoms with Crippen molar-refractivity contribution in [2.75, 3.05) is 19.7 Å². The number of carbonyl (C=O) groups excluding carboxylic acids is 1. The summed E-state index contributed by atoms with van der Waals surface area (Å²) in [6, 6.07) is 6.18. The molecule has 1 saturated heterocycles. The molecule has 0 bridgehead atoms. The number of rotatable bonds is 3. The van der Waals surface area contributed by atoms with Crippen molar-refractivity contribution in [2.24, 2.45) is 5.73 Å². The lowest BCUT2D eigenvalue weighted by Gasteiger charge is -2.32. The molecule has 1 aliphatic rings. The maximum atomic E-state index is 12.4. The molecule has 1 atom stereocenters. The average molecular weight is 292 g/mol. The number of nitrogens with two attached hydrogens (primary N) is 1. The van der Waals surface area contributed by atoms with Crippen LogP contribution in [-0.4, -0.2) is 41.6 Å². The molecule has 1 amide bonds. The van der Waals surface area contributed by atoms with Gasteiger partial charge in [0.05, 0.1) is 19.6 Å². The molecule has 2 rings (SSSR count). The fourth-order valence-electron chi connectivity index (χ4n) is 2.31. The second-order valence-corrected chi connectivity index (χ2v) is 5.68. The fourth-order valence-corrected chi connectivity index (χ4v) is 2.46. The number of amides is 1. The Bertz CT molecular complexity index is 531. The van der Waals surface area contributed by atoms with E-state index in [4.69, 9.17) is 22.7 Å². The third-order valence-electron chi connectivity index (χ3n) is 3.58. The normalized spacial score (nSPS) is 18.9. The number of hydrogen-bond acceptors (Lipinski definition) is 3. The molecule has 0 saturated carbocycles. The minimum absolute atomic E-state index is 0.100. The van der Waals surface area contributed by atoms with E-state index in [0.717, 1.165) is 11.1 Å². The molecule has 2 N–H and O–H groups in total.